The number of rotatable bonds is 13. The standard InChI is InChI=1S/C31H41ClN6O4/c1-4-41-29-15-26-23(14-27(29)36-30(40)8-6-12-38(2)3)31(21(16-33)17-35-26)37-25-10-9-22(13-24(25)32)42-19-28-20(18-39)7-5-11-34-28/h9-10,13-15,17,20-21,28,31,34,37,39H,4-8,11-12,18-19H2,1-3H3,(H,36,40). The van der Waals surface area contributed by atoms with Crippen molar-refractivity contribution in [1.82, 2.24) is 10.2 Å². The fourth-order valence-electron chi connectivity index (χ4n) is 5.29. The number of hydrogen-bond donors (Lipinski definition) is 4. The molecule has 4 unspecified atom stereocenters. The highest BCUT2D eigenvalue weighted by molar-refractivity contribution is 6.33. The molecule has 0 aromatic heterocycles. The number of halogens is 1. The van der Waals surface area contributed by atoms with Crippen molar-refractivity contribution in [2.45, 2.75) is 44.7 Å². The number of anilines is 2. The Morgan fingerprint density at radius 2 is 2.10 bits per heavy atom. The van der Waals surface area contributed by atoms with Crippen LogP contribution >= 0.6 is 11.6 Å². The van der Waals surface area contributed by atoms with E-state index in [1.807, 2.05) is 44.1 Å². The highest BCUT2D eigenvalue weighted by Crippen LogP contribution is 2.43. The molecule has 0 radical (unpaired) electrons. The summed E-state index contributed by atoms with van der Waals surface area (Å²) in [5.41, 5.74) is 2.59. The average Bonchev–Trinajstić information content (AvgIpc) is 2.97. The molecule has 2 aromatic rings. The molecule has 2 heterocycles. The van der Waals surface area contributed by atoms with Crippen molar-refractivity contribution >= 4 is 40.8 Å². The van der Waals surface area contributed by atoms with Gasteiger partial charge in [0.15, 0.2) is 0 Å². The zero-order valence-corrected chi connectivity index (χ0v) is 25.3. The molecular weight excluding hydrogens is 556 g/mol. The van der Waals surface area contributed by atoms with E-state index in [-0.39, 0.29) is 24.5 Å². The number of aliphatic hydroxyl groups excluding tert-OH is 1. The van der Waals surface area contributed by atoms with E-state index in [0.29, 0.717) is 53.2 Å². The number of hydrogen-bond acceptors (Lipinski definition) is 9. The van der Waals surface area contributed by atoms with E-state index in [9.17, 15) is 15.2 Å². The maximum absolute atomic E-state index is 12.7. The fourth-order valence-corrected chi connectivity index (χ4v) is 5.52. The summed E-state index contributed by atoms with van der Waals surface area (Å²) in [5.74, 6) is 0.642. The van der Waals surface area contributed by atoms with Gasteiger partial charge in [0.05, 0.1) is 40.8 Å². The molecule has 4 N–H and O–H groups in total. The van der Waals surface area contributed by atoms with Crippen LogP contribution in [0.5, 0.6) is 11.5 Å². The minimum Gasteiger partial charge on any atom is -0.492 e. The van der Waals surface area contributed by atoms with Gasteiger partial charge in [0, 0.05) is 48.9 Å². The smallest absolute Gasteiger partial charge is 0.224 e. The first-order valence-corrected chi connectivity index (χ1v) is 14.9. The van der Waals surface area contributed by atoms with Crippen LogP contribution in [0.1, 0.15) is 44.2 Å². The van der Waals surface area contributed by atoms with E-state index < -0.39 is 12.0 Å². The molecule has 2 aliphatic rings. The van der Waals surface area contributed by atoms with Crippen molar-refractivity contribution in [2.75, 3.05) is 57.6 Å². The molecular formula is C31H41ClN6O4. The molecule has 226 valence electrons. The van der Waals surface area contributed by atoms with Gasteiger partial charge in [-0.25, -0.2) is 0 Å². The number of nitrogens with one attached hydrogen (secondary N) is 3. The number of nitrogens with zero attached hydrogens (tertiary/aromatic N) is 3. The first-order valence-electron chi connectivity index (χ1n) is 14.5. The number of aliphatic imine (C=N–C) groups is 1. The summed E-state index contributed by atoms with van der Waals surface area (Å²) in [4.78, 5) is 19.3. The molecule has 1 fully saturated rings. The molecule has 0 bridgehead atoms. The van der Waals surface area contributed by atoms with Gasteiger partial charge in [-0.05, 0) is 71.6 Å². The summed E-state index contributed by atoms with van der Waals surface area (Å²) in [7, 11) is 3.95. The van der Waals surface area contributed by atoms with Gasteiger partial charge in [0.25, 0.3) is 0 Å². The minimum absolute atomic E-state index is 0.0824. The molecule has 0 aliphatic carbocycles. The van der Waals surface area contributed by atoms with Crippen LogP contribution in [0.4, 0.5) is 17.1 Å². The Bertz CT molecular complexity index is 1300. The summed E-state index contributed by atoms with van der Waals surface area (Å²) >= 11 is 6.69. The molecule has 4 rings (SSSR count). The Hall–Kier alpha value is -3.36. The van der Waals surface area contributed by atoms with E-state index in [4.69, 9.17) is 21.1 Å². The first kappa shape index (κ1) is 31.6. The SMILES string of the molecule is CCOc1cc2c(cc1NC(=O)CCCN(C)C)C(Nc1ccc(OCC3NCCCC3CO)cc1Cl)C(C#N)C=N2. The zero-order chi connectivity index (χ0) is 30.1. The second-order valence-electron chi connectivity index (χ2n) is 10.9. The molecule has 42 heavy (non-hydrogen) atoms. The van der Waals surface area contributed by atoms with E-state index >= 15 is 0 Å². The summed E-state index contributed by atoms with van der Waals surface area (Å²) in [5, 5.41) is 29.9. The van der Waals surface area contributed by atoms with Crippen LogP contribution in [0.2, 0.25) is 5.02 Å². The van der Waals surface area contributed by atoms with E-state index in [0.717, 1.165) is 37.9 Å². The highest BCUT2D eigenvalue weighted by Gasteiger charge is 2.30. The summed E-state index contributed by atoms with van der Waals surface area (Å²) in [6.45, 7) is 4.59. The lowest BCUT2D eigenvalue weighted by Crippen LogP contribution is -2.46. The van der Waals surface area contributed by atoms with Crippen LogP contribution in [-0.4, -0.2) is 75.2 Å². The molecule has 0 spiro atoms. The lowest BCUT2D eigenvalue weighted by Gasteiger charge is -2.31. The van der Waals surface area contributed by atoms with Crippen molar-refractivity contribution in [3.63, 3.8) is 0 Å². The first-order chi connectivity index (χ1) is 20.3. The quantitative estimate of drug-likeness (QED) is 0.260. The zero-order valence-electron chi connectivity index (χ0n) is 24.5. The number of carbonyl (C=O) groups is 1. The van der Waals surface area contributed by atoms with Crippen LogP contribution in [0.15, 0.2) is 35.3 Å². The molecule has 1 saturated heterocycles. The second-order valence-corrected chi connectivity index (χ2v) is 11.4. The van der Waals surface area contributed by atoms with E-state index in [1.54, 1.807) is 18.3 Å². The normalized spacial score (nSPS) is 21.4. The van der Waals surface area contributed by atoms with Crippen LogP contribution in [0.25, 0.3) is 0 Å². The number of aliphatic hydroxyl groups is 1. The van der Waals surface area contributed by atoms with Crippen LogP contribution in [-0.2, 0) is 4.79 Å². The van der Waals surface area contributed by atoms with E-state index in [2.05, 4.69) is 27.0 Å². The third-order valence-corrected chi connectivity index (χ3v) is 7.89. The number of benzene rings is 2. The third-order valence-electron chi connectivity index (χ3n) is 7.57. The molecule has 4 atom stereocenters. The monoisotopic (exact) mass is 596 g/mol. The number of nitriles is 1. The third kappa shape index (κ3) is 8.13. The Labute approximate surface area is 253 Å². The summed E-state index contributed by atoms with van der Waals surface area (Å²) in [6, 6.07) is 11.0. The minimum atomic E-state index is -0.570. The lowest BCUT2D eigenvalue weighted by atomic mass is 9.90. The number of piperidine rings is 1. The Balaban J connectivity index is 1.52. The van der Waals surface area contributed by atoms with Gasteiger partial charge >= 0.3 is 0 Å². The van der Waals surface area contributed by atoms with E-state index in [1.165, 1.54) is 0 Å². The van der Waals surface area contributed by atoms with Crippen LogP contribution in [0.3, 0.4) is 0 Å². The van der Waals surface area contributed by atoms with Gasteiger partial charge in [0.1, 0.15) is 24.0 Å². The van der Waals surface area contributed by atoms with Crippen molar-refractivity contribution in [3.05, 3.63) is 40.9 Å². The largest absolute Gasteiger partial charge is 0.492 e. The van der Waals surface area contributed by atoms with Crippen molar-refractivity contribution in [1.29, 1.82) is 5.26 Å². The van der Waals surface area contributed by atoms with Gasteiger partial charge in [0.2, 0.25) is 5.91 Å². The number of ether oxygens (including phenoxy) is 2. The summed E-state index contributed by atoms with van der Waals surface area (Å²) < 4.78 is 11.8. The molecule has 10 nitrogen and oxygen atoms in total. The number of fused-ring (bicyclic) bond motifs is 1. The predicted molar refractivity (Wildman–Crippen MR) is 166 cm³/mol. The van der Waals surface area contributed by atoms with Crippen molar-refractivity contribution < 1.29 is 19.4 Å². The molecule has 0 saturated carbocycles. The Morgan fingerprint density at radius 3 is 2.81 bits per heavy atom. The van der Waals surface area contributed by atoms with Crippen molar-refractivity contribution in [3.8, 4) is 17.6 Å². The molecule has 1 amide bonds. The maximum Gasteiger partial charge on any atom is 0.224 e. The van der Waals surface area contributed by atoms with Gasteiger partial charge in [-0.2, -0.15) is 5.26 Å². The number of amides is 1. The van der Waals surface area contributed by atoms with Gasteiger partial charge in [-0.1, -0.05) is 11.6 Å². The summed E-state index contributed by atoms with van der Waals surface area (Å²) in [6.07, 6.45) is 4.75. The second kappa shape index (κ2) is 15.2. The maximum atomic E-state index is 12.7. The lowest BCUT2D eigenvalue weighted by molar-refractivity contribution is -0.116. The Kier molecular flexibility index (Phi) is 11.4. The van der Waals surface area contributed by atoms with Gasteiger partial charge in [-0.15, -0.1) is 0 Å². The predicted octanol–water partition coefficient (Wildman–Crippen LogP) is 4.77. The van der Waals surface area contributed by atoms with Gasteiger partial charge < -0.3 is 35.4 Å². The highest BCUT2D eigenvalue weighted by atomic mass is 35.5. The molecule has 2 aromatic carbocycles. The number of carbonyl (C=O) groups excluding carboxylic acids is 1. The van der Waals surface area contributed by atoms with Crippen LogP contribution in [0, 0.1) is 23.2 Å². The van der Waals surface area contributed by atoms with Crippen LogP contribution < -0.4 is 25.4 Å². The average molecular weight is 597 g/mol. The van der Waals surface area contributed by atoms with Crippen molar-refractivity contribution in [2.24, 2.45) is 16.8 Å². The molecule has 2 aliphatic heterocycles. The topological polar surface area (TPSA) is 131 Å². The molecule has 11 heteroatoms. The fraction of sp³-hybridized carbons (Fsp3) is 0.516. The van der Waals surface area contributed by atoms with Gasteiger partial charge in [-0.3, -0.25) is 9.79 Å². The Morgan fingerprint density at radius 1 is 1.26 bits per heavy atom.